The molecule has 1 unspecified atom stereocenters. The largest absolute Gasteiger partial charge is 0.393 e. The Labute approximate surface area is 140 Å². The van der Waals surface area contributed by atoms with Crippen LogP contribution in [0.3, 0.4) is 0 Å². The molecule has 2 heteroatoms. The Balaban J connectivity index is 1.67. The second kappa shape index (κ2) is 5.18. The molecule has 2 nitrogen and oxygen atoms in total. The number of aliphatic hydroxyl groups is 1. The number of hydrogen-bond donors (Lipinski definition) is 1. The third-order valence-electron chi connectivity index (χ3n) is 8.63. The zero-order valence-electron chi connectivity index (χ0n) is 14.9. The maximum absolute atomic E-state index is 12.1. The van der Waals surface area contributed by atoms with Gasteiger partial charge in [-0.15, -0.1) is 0 Å². The lowest BCUT2D eigenvalue weighted by atomic mass is 9.46. The van der Waals surface area contributed by atoms with E-state index in [0.717, 1.165) is 25.2 Å². The zero-order chi connectivity index (χ0) is 16.4. The molecular formula is C21H32O2. The third kappa shape index (κ3) is 2.13. The quantitative estimate of drug-likeness (QED) is 0.729. The van der Waals surface area contributed by atoms with E-state index in [-0.39, 0.29) is 11.5 Å². The second-order valence-corrected chi connectivity index (χ2v) is 9.50. The fourth-order valence-corrected chi connectivity index (χ4v) is 7.26. The van der Waals surface area contributed by atoms with E-state index >= 15 is 0 Å². The summed E-state index contributed by atoms with van der Waals surface area (Å²) < 4.78 is 0. The first-order valence-electron chi connectivity index (χ1n) is 9.73. The van der Waals surface area contributed by atoms with Crippen LogP contribution in [-0.2, 0) is 4.79 Å². The van der Waals surface area contributed by atoms with Gasteiger partial charge in [-0.3, -0.25) is 4.79 Å². The molecule has 8 atom stereocenters. The minimum absolute atomic E-state index is 0.100. The Bertz CT molecular complexity index is 538. The molecule has 0 aromatic heterocycles. The van der Waals surface area contributed by atoms with Crippen molar-refractivity contribution in [2.75, 3.05) is 0 Å². The van der Waals surface area contributed by atoms with Gasteiger partial charge < -0.3 is 5.11 Å². The number of carbonyl (C=O) groups excluding carboxylic acids is 1. The maximum Gasteiger partial charge on any atom is 0.133 e. The highest BCUT2D eigenvalue weighted by molar-refractivity contribution is 5.79. The number of aliphatic hydroxyl groups excluding tert-OH is 1. The number of rotatable bonds is 1. The van der Waals surface area contributed by atoms with Crippen molar-refractivity contribution in [3.05, 3.63) is 12.2 Å². The highest BCUT2D eigenvalue weighted by Gasteiger charge is 2.59. The third-order valence-corrected chi connectivity index (χ3v) is 8.63. The van der Waals surface area contributed by atoms with Crippen molar-refractivity contribution in [2.45, 2.75) is 71.8 Å². The van der Waals surface area contributed by atoms with Gasteiger partial charge in [-0.25, -0.2) is 0 Å². The van der Waals surface area contributed by atoms with E-state index < -0.39 is 0 Å². The number of allylic oxidation sites excluding steroid dienone is 2. The molecule has 0 bridgehead atoms. The van der Waals surface area contributed by atoms with Crippen molar-refractivity contribution in [3.63, 3.8) is 0 Å². The minimum Gasteiger partial charge on any atom is -0.393 e. The molecule has 23 heavy (non-hydrogen) atoms. The van der Waals surface area contributed by atoms with Crippen LogP contribution in [0.1, 0.15) is 65.7 Å². The highest BCUT2D eigenvalue weighted by Crippen LogP contribution is 2.65. The smallest absolute Gasteiger partial charge is 0.133 e. The summed E-state index contributed by atoms with van der Waals surface area (Å²) in [6.07, 6.45) is 12.8. The minimum atomic E-state index is -0.100. The van der Waals surface area contributed by atoms with Crippen LogP contribution < -0.4 is 0 Å². The molecule has 0 aromatic rings. The predicted octanol–water partition coefficient (Wildman–Crippen LogP) is 4.37. The van der Waals surface area contributed by atoms with E-state index in [1.54, 1.807) is 6.92 Å². The molecule has 0 amide bonds. The van der Waals surface area contributed by atoms with Gasteiger partial charge in [0.15, 0.2) is 0 Å². The number of fused-ring (bicyclic) bond motifs is 5. The predicted molar refractivity (Wildman–Crippen MR) is 91.8 cm³/mol. The van der Waals surface area contributed by atoms with Crippen LogP contribution in [-0.4, -0.2) is 17.0 Å². The van der Waals surface area contributed by atoms with E-state index in [9.17, 15) is 9.90 Å². The lowest BCUT2D eigenvalue weighted by Gasteiger charge is -2.58. The molecule has 0 saturated heterocycles. The molecule has 4 aliphatic rings. The van der Waals surface area contributed by atoms with E-state index in [4.69, 9.17) is 0 Å². The van der Waals surface area contributed by atoms with Crippen molar-refractivity contribution in [1.29, 1.82) is 0 Å². The summed E-state index contributed by atoms with van der Waals surface area (Å²) in [5, 5.41) is 10.1. The molecule has 0 aromatic carbocycles. The van der Waals surface area contributed by atoms with E-state index in [1.807, 2.05) is 0 Å². The van der Waals surface area contributed by atoms with Crippen LogP contribution in [0.15, 0.2) is 12.2 Å². The van der Waals surface area contributed by atoms with Crippen molar-refractivity contribution in [1.82, 2.24) is 0 Å². The number of carbonyl (C=O) groups is 1. The lowest BCUT2D eigenvalue weighted by molar-refractivity contribution is -0.128. The van der Waals surface area contributed by atoms with Crippen molar-refractivity contribution >= 4 is 5.78 Å². The summed E-state index contributed by atoms with van der Waals surface area (Å²) in [6, 6.07) is 0. The van der Waals surface area contributed by atoms with Crippen molar-refractivity contribution in [2.24, 2.45) is 40.4 Å². The first-order valence-corrected chi connectivity index (χ1v) is 9.73. The summed E-state index contributed by atoms with van der Waals surface area (Å²) in [7, 11) is 0. The summed E-state index contributed by atoms with van der Waals surface area (Å²) in [5.74, 6) is 3.37. The average Bonchev–Trinajstić information content (AvgIpc) is 2.85. The summed E-state index contributed by atoms with van der Waals surface area (Å²) in [5.41, 5.74) is 0.600. The first-order chi connectivity index (χ1) is 10.9. The Morgan fingerprint density at radius 2 is 1.70 bits per heavy atom. The molecule has 0 radical (unpaired) electrons. The Hall–Kier alpha value is -0.630. The van der Waals surface area contributed by atoms with Gasteiger partial charge in [-0.2, -0.15) is 0 Å². The summed E-state index contributed by atoms with van der Waals surface area (Å²) in [4.78, 5) is 12.1. The molecule has 0 spiro atoms. The van der Waals surface area contributed by atoms with Crippen LogP contribution in [0, 0.1) is 40.4 Å². The fraction of sp³-hybridized carbons (Fsp3) is 0.857. The fourth-order valence-electron chi connectivity index (χ4n) is 7.26. The SMILES string of the molecule is CC(=O)[C@H]1CC[C@H]2[C@@H]3C=CC4C[C@@H](O)CC[C@]4(C)[C@H]3CC[C@]12C. The first kappa shape index (κ1) is 15.9. The molecule has 0 heterocycles. The lowest BCUT2D eigenvalue weighted by Crippen LogP contribution is -2.52. The molecule has 0 aliphatic heterocycles. The van der Waals surface area contributed by atoms with Crippen molar-refractivity contribution in [3.8, 4) is 0 Å². The van der Waals surface area contributed by atoms with E-state index in [1.165, 1.54) is 25.7 Å². The number of Topliss-reactive ketones (excluding diaryl/α,β-unsaturated/α-hetero) is 1. The Kier molecular flexibility index (Phi) is 3.58. The molecule has 4 aliphatic carbocycles. The molecule has 1 N–H and O–H groups in total. The topological polar surface area (TPSA) is 37.3 Å². The van der Waals surface area contributed by atoms with Gasteiger partial charge in [0.1, 0.15) is 5.78 Å². The molecular weight excluding hydrogens is 284 g/mol. The van der Waals surface area contributed by atoms with Crippen LogP contribution in [0.2, 0.25) is 0 Å². The standard InChI is InChI=1S/C21H32O2/c1-13(22)17-6-7-18-16-5-4-14-12-15(23)8-10-20(14,2)19(16)9-11-21(17,18)3/h4-5,14-19,23H,6-12H2,1-3H3/t14?,15-,16-,17+,18-,19-,20-,21+/m0/s1. The molecule has 4 rings (SSSR count). The molecule has 3 saturated carbocycles. The number of ketones is 1. The van der Waals surface area contributed by atoms with Crippen LogP contribution in [0.5, 0.6) is 0 Å². The summed E-state index contributed by atoms with van der Waals surface area (Å²) >= 11 is 0. The van der Waals surface area contributed by atoms with Crippen LogP contribution in [0.4, 0.5) is 0 Å². The highest BCUT2D eigenvalue weighted by atomic mass is 16.3. The van der Waals surface area contributed by atoms with Crippen LogP contribution >= 0.6 is 0 Å². The zero-order valence-corrected chi connectivity index (χ0v) is 14.9. The van der Waals surface area contributed by atoms with Gasteiger partial charge in [0.05, 0.1) is 6.10 Å². The Morgan fingerprint density at radius 1 is 1.00 bits per heavy atom. The van der Waals surface area contributed by atoms with Gasteiger partial charge >= 0.3 is 0 Å². The van der Waals surface area contributed by atoms with Crippen molar-refractivity contribution < 1.29 is 9.90 Å². The average molecular weight is 316 g/mol. The van der Waals surface area contributed by atoms with E-state index in [0.29, 0.717) is 34.9 Å². The van der Waals surface area contributed by atoms with Gasteiger partial charge in [0.25, 0.3) is 0 Å². The molecule has 128 valence electrons. The summed E-state index contributed by atoms with van der Waals surface area (Å²) in [6.45, 7) is 6.70. The monoisotopic (exact) mass is 316 g/mol. The second-order valence-electron chi connectivity index (χ2n) is 9.50. The molecule has 3 fully saturated rings. The van der Waals surface area contributed by atoms with Gasteiger partial charge in [-0.1, -0.05) is 26.0 Å². The van der Waals surface area contributed by atoms with Gasteiger partial charge in [0, 0.05) is 5.92 Å². The van der Waals surface area contributed by atoms with Gasteiger partial charge in [0.2, 0.25) is 0 Å². The van der Waals surface area contributed by atoms with E-state index in [2.05, 4.69) is 26.0 Å². The Morgan fingerprint density at radius 3 is 2.43 bits per heavy atom. The van der Waals surface area contributed by atoms with Crippen LogP contribution in [0.25, 0.3) is 0 Å². The van der Waals surface area contributed by atoms with Gasteiger partial charge in [-0.05, 0) is 86.4 Å². The number of hydrogen-bond acceptors (Lipinski definition) is 2. The maximum atomic E-state index is 12.1. The normalized spacial score (nSPS) is 55.0.